The highest BCUT2D eigenvalue weighted by molar-refractivity contribution is 5.87. The SMILES string of the molecule is CC(=O)O[C@@H]1CC[C@](C)([C@@H]2CC[C@@]3(C)[C@H](CC[C@H]3[C@H](C)CCCC(C)C)[C@@H]2C(=O)O)C(=O)C1. The minimum atomic E-state index is -0.722. The summed E-state index contributed by atoms with van der Waals surface area (Å²) in [6.45, 7) is 12.6. The fourth-order valence-electron chi connectivity index (χ4n) is 8.09. The third-order valence-electron chi connectivity index (χ3n) is 9.94. The molecule has 0 radical (unpaired) electrons. The van der Waals surface area contributed by atoms with Crippen LogP contribution in [0.3, 0.4) is 0 Å². The first-order chi connectivity index (χ1) is 15.4. The molecule has 5 heteroatoms. The van der Waals surface area contributed by atoms with Gasteiger partial charge in [-0.05, 0) is 73.5 Å². The molecule has 3 saturated carbocycles. The minimum absolute atomic E-state index is 0.0468. The highest BCUT2D eigenvalue weighted by Crippen LogP contribution is 2.64. The Bertz CT molecular complexity index is 745. The van der Waals surface area contributed by atoms with Crippen molar-refractivity contribution in [2.75, 3.05) is 0 Å². The highest BCUT2D eigenvalue weighted by atomic mass is 16.5. The number of carbonyl (C=O) groups excluding carboxylic acids is 2. The van der Waals surface area contributed by atoms with Crippen molar-refractivity contribution in [1.82, 2.24) is 0 Å². The van der Waals surface area contributed by atoms with Crippen molar-refractivity contribution >= 4 is 17.7 Å². The lowest BCUT2D eigenvalue weighted by molar-refractivity contribution is -0.165. The molecule has 8 atom stereocenters. The second-order valence-electron chi connectivity index (χ2n) is 12.4. The van der Waals surface area contributed by atoms with E-state index in [0.29, 0.717) is 24.7 Å². The number of aliphatic carboxylic acids is 1. The van der Waals surface area contributed by atoms with Gasteiger partial charge >= 0.3 is 11.9 Å². The summed E-state index contributed by atoms with van der Waals surface area (Å²) >= 11 is 0. The number of rotatable bonds is 8. The maximum absolute atomic E-state index is 13.3. The van der Waals surface area contributed by atoms with Gasteiger partial charge in [0.2, 0.25) is 0 Å². The van der Waals surface area contributed by atoms with Gasteiger partial charge in [-0.25, -0.2) is 0 Å². The molecule has 0 aromatic heterocycles. The molecule has 0 aromatic carbocycles. The summed E-state index contributed by atoms with van der Waals surface area (Å²) in [5.41, 5.74) is -0.590. The van der Waals surface area contributed by atoms with E-state index in [4.69, 9.17) is 4.74 Å². The zero-order valence-corrected chi connectivity index (χ0v) is 21.7. The number of ether oxygens (including phenoxy) is 1. The van der Waals surface area contributed by atoms with Crippen LogP contribution in [0, 0.1) is 46.3 Å². The van der Waals surface area contributed by atoms with Crippen LogP contribution in [0.15, 0.2) is 0 Å². The van der Waals surface area contributed by atoms with Crippen LogP contribution >= 0.6 is 0 Å². The van der Waals surface area contributed by atoms with E-state index in [1.165, 1.54) is 26.2 Å². The Kier molecular flexibility index (Phi) is 8.01. The van der Waals surface area contributed by atoms with E-state index in [1.807, 2.05) is 6.92 Å². The summed E-state index contributed by atoms with van der Waals surface area (Å²) < 4.78 is 5.31. The van der Waals surface area contributed by atoms with Gasteiger partial charge in [0.25, 0.3) is 0 Å². The second kappa shape index (κ2) is 10.1. The number of fused-ring (bicyclic) bond motifs is 1. The molecule has 33 heavy (non-hydrogen) atoms. The van der Waals surface area contributed by atoms with Crippen LogP contribution < -0.4 is 0 Å². The monoisotopic (exact) mass is 462 g/mol. The Morgan fingerprint density at radius 3 is 2.30 bits per heavy atom. The lowest BCUT2D eigenvalue weighted by Crippen LogP contribution is -2.54. The Hall–Kier alpha value is -1.39. The molecule has 0 aliphatic heterocycles. The van der Waals surface area contributed by atoms with Crippen LogP contribution in [0.1, 0.15) is 106 Å². The molecule has 5 nitrogen and oxygen atoms in total. The van der Waals surface area contributed by atoms with Gasteiger partial charge in [-0.2, -0.15) is 0 Å². The molecule has 0 heterocycles. The molecule has 0 unspecified atom stereocenters. The summed E-state index contributed by atoms with van der Waals surface area (Å²) in [6.07, 6.45) is 8.73. The fourth-order valence-corrected chi connectivity index (χ4v) is 8.09. The Morgan fingerprint density at radius 1 is 1.03 bits per heavy atom. The number of Topliss-reactive ketones (excluding diaryl/α,β-unsaturated/α-hetero) is 1. The van der Waals surface area contributed by atoms with Gasteiger partial charge in [0.1, 0.15) is 11.9 Å². The van der Waals surface area contributed by atoms with Crippen molar-refractivity contribution in [2.45, 2.75) is 112 Å². The molecule has 0 bridgehead atoms. The van der Waals surface area contributed by atoms with Crippen molar-refractivity contribution in [3.8, 4) is 0 Å². The Morgan fingerprint density at radius 2 is 1.73 bits per heavy atom. The Balaban J connectivity index is 1.77. The molecule has 3 aliphatic carbocycles. The molecular weight excluding hydrogens is 416 g/mol. The molecule has 3 rings (SSSR count). The average Bonchev–Trinajstić information content (AvgIpc) is 3.06. The predicted octanol–water partition coefficient (Wildman–Crippen LogP) is 6.28. The highest BCUT2D eigenvalue weighted by Gasteiger charge is 2.61. The minimum Gasteiger partial charge on any atom is -0.481 e. The molecule has 1 N–H and O–H groups in total. The third-order valence-corrected chi connectivity index (χ3v) is 9.94. The number of esters is 1. The molecular formula is C28H46O5. The lowest BCUT2D eigenvalue weighted by atomic mass is 9.50. The van der Waals surface area contributed by atoms with Crippen molar-refractivity contribution in [3.05, 3.63) is 0 Å². The van der Waals surface area contributed by atoms with Gasteiger partial charge in [0.15, 0.2) is 0 Å². The van der Waals surface area contributed by atoms with Gasteiger partial charge in [-0.3, -0.25) is 14.4 Å². The topological polar surface area (TPSA) is 80.7 Å². The molecule has 0 aromatic rings. The standard InChI is InChI=1S/C28H46O5/c1-17(2)8-7-9-18(3)21-10-11-22-25(26(31)32)23(13-15-27(21,22)5)28(6)14-12-20(16-24(28)30)33-19(4)29/h17-18,20-23,25H,7-16H2,1-6H3,(H,31,32)/t18-,20-,21+,22-,23-,25+,27-,28-/m1/s1. The molecule has 0 saturated heterocycles. The summed E-state index contributed by atoms with van der Waals surface area (Å²) in [6, 6.07) is 0. The normalized spacial score (nSPS) is 39.8. The van der Waals surface area contributed by atoms with Gasteiger partial charge < -0.3 is 9.84 Å². The summed E-state index contributed by atoms with van der Waals surface area (Å²) in [4.78, 5) is 37.4. The van der Waals surface area contributed by atoms with Crippen LogP contribution in [-0.2, 0) is 19.1 Å². The van der Waals surface area contributed by atoms with Crippen molar-refractivity contribution in [1.29, 1.82) is 0 Å². The Labute approximate surface area is 200 Å². The van der Waals surface area contributed by atoms with Crippen LogP contribution in [0.4, 0.5) is 0 Å². The van der Waals surface area contributed by atoms with E-state index in [2.05, 4.69) is 27.7 Å². The van der Waals surface area contributed by atoms with E-state index in [1.54, 1.807) is 0 Å². The van der Waals surface area contributed by atoms with Crippen LogP contribution in [0.5, 0.6) is 0 Å². The smallest absolute Gasteiger partial charge is 0.307 e. The number of carboxylic acid groups (broad SMARTS) is 1. The summed E-state index contributed by atoms with van der Waals surface area (Å²) in [7, 11) is 0. The predicted molar refractivity (Wildman–Crippen MR) is 129 cm³/mol. The van der Waals surface area contributed by atoms with Crippen LogP contribution in [0.25, 0.3) is 0 Å². The number of hydrogen-bond donors (Lipinski definition) is 1. The first-order valence-corrected chi connectivity index (χ1v) is 13.3. The third kappa shape index (κ3) is 5.17. The van der Waals surface area contributed by atoms with Crippen LogP contribution in [-0.4, -0.2) is 28.9 Å². The van der Waals surface area contributed by atoms with E-state index in [0.717, 1.165) is 31.6 Å². The van der Waals surface area contributed by atoms with E-state index in [-0.39, 0.29) is 41.5 Å². The largest absolute Gasteiger partial charge is 0.481 e. The van der Waals surface area contributed by atoms with Crippen molar-refractivity contribution in [3.63, 3.8) is 0 Å². The summed E-state index contributed by atoms with van der Waals surface area (Å²) in [5.74, 6) is 0.461. The number of carbonyl (C=O) groups is 3. The maximum atomic E-state index is 13.3. The van der Waals surface area contributed by atoms with Gasteiger partial charge in [0, 0.05) is 18.8 Å². The van der Waals surface area contributed by atoms with Gasteiger partial charge in [-0.1, -0.05) is 53.9 Å². The molecule has 0 amide bonds. The number of carboxylic acids is 1. The zero-order chi connectivity index (χ0) is 24.6. The quantitative estimate of drug-likeness (QED) is 0.429. The van der Waals surface area contributed by atoms with Gasteiger partial charge in [0.05, 0.1) is 5.92 Å². The van der Waals surface area contributed by atoms with Crippen molar-refractivity contribution < 1.29 is 24.2 Å². The van der Waals surface area contributed by atoms with Crippen molar-refractivity contribution in [2.24, 2.45) is 46.3 Å². The van der Waals surface area contributed by atoms with E-state index >= 15 is 0 Å². The molecule has 0 spiro atoms. The van der Waals surface area contributed by atoms with Gasteiger partial charge in [-0.15, -0.1) is 0 Å². The first-order valence-electron chi connectivity index (χ1n) is 13.3. The molecule has 188 valence electrons. The number of hydrogen-bond acceptors (Lipinski definition) is 4. The maximum Gasteiger partial charge on any atom is 0.307 e. The average molecular weight is 463 g/mol. The second-order valence-corrected chi connectivity index (χ2v) is 12.4. The molecule has 3 fully saturated rings. The lowest BCUT2D eigenvalue weighted by Gasteiger charge is -2.53. The fraction of sp³-hybridized carbons (Fsp3) is 0.893. The van der Waals surface area contributed by atoms with E-state index < -0.39 is 17.3 Å². The zero-order valence-electron chi connectivity index (χ0n) is 21.7. The number of ketones is 1. The van der Waals surface area contributed by atoms with E-state index in [9.17, 15) is 19.5 Å². The molecule has 3 aliphatic rings. The van der Waals surface area contributed by atoms with Crippen LogP contribution in [0.2, 0.25) is 0 Å². The first kappa shape index (κ1) is 26.2. The summed E-state index contributed by atoms with van der Waals surface area (Å²) in [5, 5.41) is 10.4.